The second kappa shape index (κ2) is 9.29. The average Bonchev–Trinajstić information content (AvgIpc) is 3.13. The van der Waals surface area contributed by atoms with Crippen LogP contribution in [0.3, 0.4) is 0 Å². The van der Waals surface area contributed by atoms with E-state index in [-0.39, 0.29) is 30.5 Å². The first-order valence-corrected chi connectivity index (χ1v) is 11.8. The van der Waals surface area contributed by atoms with Crippen LogP contribution in [0.1, 0.15) is 68.7 Å². The summed E-state index contributed by atoms with van der Waals surface area (Å²) in [5, 5.41) is 3.69. The molecular formula is C22H29N3O4S. The smallest absolute Gasteiger partial charge is 0.308 e. The molecule has 30 heavy (non-hydrogen) atoms. The van der Waals surface area contributed by atoms with Crippen molar-refractivity contribution < 1.29 is 14.3 Å². The van der Waals surface area contributed by atoms with E-state index in [9.17, 15) is 14.4 Å². The van der Waals surface area contributed by atoms with Gasteiger partial charge in [-0.15, -0.1) is 11.3 Å². The SMILES string of the molecule is CC(OC(=O)CCn1cnc2sc3c(c2c1=O)CCCC3)C(=O)NC1CCCCC1. The molecule has 0 bridgehead atoms. The number of carbonyl (C=O) groups is 2. The summed E-state index contributed by atoms with van der Waals surface area (Å²) >= 11 is 1.61. The van der Waals surface area contributed by atoms with Crippen LogP contribution in [0.4, 0.5) is 0 Å². The van der Waals surface area contributed by atoms with Crippen LogP contribution in [0, 0.1) is 0 Å². The van der Waals surface area contributed by atoms with Gasteiger partial charge in [0.2, 0.25) is 0 Å². The topological polar surface area (TPSA) is 90.3 Å². The van der Waals surface area contributed by atoms with E-state index in [0.717, 1.165) is 61.8 Å². The summed E-state index contributed by atoms with van der Waals surface area (Å²) < 4.78 is 6.78. The molecule has 2 aliphatic carbocycles. The van der Waals surface area contributed by atoms with Crippen molar-refractivity contribution in [1.29, 1.82) is 0 Å². The molecular weight excluding hydrogens is 402 g/mol. The molecule has 0 aromatic carbocycles. The van der Waals surface area contributed by atoms with Gasteiger partial charge in [-0.05, 0) is 51.0 Å². The number of carbonyl (C=O) groups excluding carboxylic acids is 2. The van der Waals surface area contributed by atoms with Gasteiger partial charge < -0.3 is 10.1 Å². The molecule has 0 spiro atoms. The molecule has 1 unspecified atom stereocenters. The van der Waals surface area contributed by atoms with E-state index in [1.54, 1.807) is 18.3 Å². The standard InChI is InChI=1S/C22H29N3O4S/c1-14(20(27)24-15-7-3-2-4-8-15)29-18(26)11-12-25-13-23-21-19(22(25)28)16-9-5-6-10-17(16)30-21/h13-15H,2-12H2,1H3,(H,24,27). The van der Waals surface area contributed by atoms with Crippen LogP contribution in [-0.2, 0) is 33.7 Å². The predicted octanol–water partition coefficient (Wildman–Crippen LogP) is 3.11. The third-order valence-electron chi connectivity index (χ3n) is 6.13. The van der Waals surface area contributed by atoms with Crippen molar-refractivity contribution >= 4 is 33.4 Å². The Labute approximate surface area is 179 Å². The van der Waals surface area contributed by atoms with Gasteiger partial charge in [-0.1, -0.05) is 19.3 Å². The predicted molar refractivity (Wildman–Crippen MR) is 116 cm³/mol. The van der Waals surface area contributed by atoms with E-state index in [4.69, 9.17) is 4.74 Å². The van der Waals surface area contributed by atoms with E-state index in [2.05, 4.69) is 10.3 Å². The average molecular weight is 432 g/mol. The molecule has 2 aromatic heterocycles. The molecule has 1 atom stereocenters. The Hall–Kier alpha value is -2.22. The molecule has 4 rings (SSSR count). The third-order valence-corrected chi connectivity index (χ3v) is 7.33. The lowest BCUT2D eigenvalue weighted by molar-refractivity contribution is -0.155. The van der Waals surface area contributed by atoms with E-state index >= 15 is 0 Å². The van der Waals surface area contributed by atoms with Crippen LogP contribution in [-0.4, -0.2) is 33.6 Å². The number of fused-ring (bicyclic) bond motifs is 3. The number of hydrogen-bond acceptors (Lipinski definition) is 6. The molecule has 1 amide bonds. The zero-order valence-electron chi connectivity index (χ0n) is 17.4. The molecule has 1 fully saturated rings. The monoisotopic (exact) mass is 431 g/mol. The van der Waals surface area contributed by atoms with Gasteiger partial charge in [-0.3, -0.25) is 19.0 Å². The van der Waals surface area contributed by atoms with Crippen molar-refractivity contribution in [1.82, 2.24) is 14.9 Å². The summed E-state index contributed by atoms with van der Waals surface area (Å²) in [6.07, 6.45) is 10.3. The Bertz CT molecular complexity index is 990. The zero-order valence-corrected chi connectivity index (χ0v) is 18.3. The fraction of sp³-hybridized carbons (Fsp3) is 0.636. The molecule has 162 valence electrons. The van der Waals surface area contributed by atoms with Gasteiger partial charge in [0.15, 0.2) is 6.10 Å². The van der Waals surface area contributed by atoms with Crippen molar-refractivity contribution in [3.05, 3.63) is 27.1 Å². The summed E-state index contributed by atoms with van der Waals surface area (Å²) in [4.78, 5) is 44.0. The van der Waals surface area contributed by atoms with Gasteiger partial charge in [-0.2, -0.15) is 0 Å². The minimum absolute atomic E-state index is 0.0282. The van der Waals surface area contributed by atoms with E-state index < -0.39 is 12.1 Å². The van der Waals surface area contributed by atoms with E-state index in [0.29, 0.717) is 5.39 Å². The number of nitrogens with one attached hydrogen (secondary N) is 1. The maximum absolute atomic E-state index is 12.9. The largest absolute Gasteiger partial charge is 0.452 e. The molecule has 1 saturated carbocycles. The number of aromatic nitrogens is 2. The van der Waals surface area contributed by atoms with Crippen molar-refractivity contribution in [2.24, 2.45) is 0 Å². The highest BCUT2D eigenvalue weighted by molar-refractivity contribution is 7.18. The number of amides is 1. The van der Waals surface area contributed by atoms with Gasteiger partial charge in [0.05, 0.1) is 18.1 Å². The highest BCUT2D eigenvalue weighted by Gasteiger charge is 2.23. The normalized spacial score (nSPS) is 18.0. The van der Waals surface area contributed by atoms with E-state index in [1.165, 1.54) is 22.2 Å². The van der Waals surface area contributed by atoms with Crippen LogP contribution in [0.15, 0.2) is 11.1 Å². The molecule has 2 aromatic rings. The molecule has 0 radical (unpaired) electrons. The Morgan fingerprint density at radius 3 is 2.80 bits per heavy atom. The first-order valence-electron chi connectivity index (χ1n) is 11.0. The summed E-state index contributed by atoms with van der Waals surface area (Å²) in [6, 6.07) is 0.181. The zero-order chi connectivity index (χ0) is 21.1. The summed E-state index contributed by atoms with van der Waals surface area (Å²) in [6.45, 7) is 1.79. The quantitative estimate of drug-likeness (QED) is 0.710. The van der Waals surface area contributed by atoms with Gasteiger partial charge in [0, 0.05) is 17.5 Å². The van der Waals surface area contributed by atoms with Crippen molar-refractivity contribution in [3.63, 3.8) is 0 Å². The Kier molecular flexibility index (Phi) is 6.51. The Morgan fingerprint density at radius 1 is 1.23 bits per heavy atom. The number of thiophene rings is 1. The van der Waals surface area contributed by atoms with Gasteiger partial charge >= 0.3 is 5.97 Å². The van der Waals surface area contributed by atoms with Crippen LogP contribution >= 0.6 is 11.3 Å². The lowest BCUT2D eigenvalue weighted by Gasteiger charge is -2.24. The number of rotatable bonds is 6. The van der Waals surface area contributed by atoms with Crippen molar-refractivity contribution in [2.75, 3.05) is 0 Å². The Balaban J connectivity index is 1.34. The Morgan fingerprint density at radius 2 is 2.00 bits per heavy atom. The second-order valence-electron chi connectivity index (χ2n) is 8.36. The molecule has 1 N–H and O–H groups in total. The number of aryl methyl sites for hydroxylation is 3. The van der Waals surface area contributed by atoms with Gasteiger partial charge in [0.25, 0.3) is 11.5 Å². The lowest BCUT2D eigenvalue weighted by atomic mass is 9.95. The minimum atomic E-state index is -0.833. The number of esters is 1. The molecule has 0 saturated heterocycles. The molecule has 7 nitrogen and oxygen atoms in total. The highest BCUT2D eigenvalue weighted by Crippen LogP contribution is 2.33. The maximum Gasteiger partial charge on any atom is 0.308 e. The molecule has 0 aliphatic heterocycles. The van der Waals surface area contributed by atoms with Crippen LogP contribution in [0.2, 0.25) is 0 Å². The number of nitrogens with zero attached hydrogens (tertiary/aromatic N) is 2. The van der Waals surface area contributed by atoms with Crippen LogP contribution in [0.5, 0.6) is 0 Å². The summed E-state index contributed by atoms with van der Waals surface area (Å²) in [7, 11) is 0. The fourth-order valence-electron chi connectivity index (χ4n) is 4.43. The molecule has 2 aliphatic rings. The highest BCUT2D eigenvalue weighted by atomic mass is 32.1. The first-order chi connectivity index (χ1) is 14.5. The number of ether oxygens (including phenoxy) is 1. The molecule has 2 heterocycles. The van der Waals surface area contributed by atoms with Crippen molar-refractivity contribution in [2.45, 2.75) is 89.8 Å². The fourth-order valence-corrected chi connectivity index (χ4v) is 5.65. The second-order valence-corrected chi connectivity index (χ2v) is 9.44. The summed E-state index contributed by atoms with van der Waals surface area (Å²) in [5.74, 6) is -0.735. The first kappa shape index (κ1) is 21.0. The maximum atomic E-state index is 12.9. The van der Waals surface area contributed by atoms with Gasteiger partial charge in [0.1, 0.15) is 4.83 Å². The molecule has 8 heteroatoms. The minimum Gasteiger partial charge on any atom is -0.452 e. The van der Waals surface area contributed by atoms with Crippen LogP contribution in [0.25, 0.3) is 10.2 Å². The van der Waals surface area contributed by atoms with Gasteiger partial charge in [-0.25, -0.2) is 4.98 Å². The van der Waals surface area contributed by atoms with Crippen LogP contribution < -0.4 is 10.9 Å². The lowest BCUT2D eigenvalue weighted by Crippen LogP contribution is -2.42. The van der Waals surface area contributed by atoms with E-state index in [1.807, 2.05) is 0 Å². The summed E-state index contributed by atoms with van der Waals surface area (Å²) in [5.41, 5.74) is 1.05. The number of hydrogen-bond donors (Lipinski definition) is 1. The third kappa shape index (κ3) is 4.58. The van der Waals surface area contributed by atoms with Crippen molar-refractivity contribution in [3.8, 4) is 0 Å².